The normalized spacial score (nSPS) is 13.6. The van der Waals surface area contributed by atoms with Gasteiger partial charge in [0.1, 0.15) is 0 Å². The third-order valence-electron chi connectivity index (χ3n) is 3.27. The lowest BCUT2D eigenvalue weighted by Gasteiger charge is -2.34. The van der Waals surface area contributed by atoms with Gasteiger partial charge in [0.2, 0.25) is 0 Å². The van der Waals surface area contributed by atoms with Gasteiger partial charge < -0.3 is 4.74 Å². The van der Waals surface area contributed by atoms with E-state index in [1.54, 1.807) is 0 Å². The zero-order valence-corrected chi connectivity index (χ0v) is 11.6. The van der Waals surface area contributed by atoms with Crippen molar-refractivity contribution in [2.45, 2.75) is 46.1 Å². The molecule has 1 atom stereocenters. The van der Waals surface area contributed by atoms with Gasteiger partial charge in [-0.25, -0.2) is 0 Å². The van der Waals surface area contributed by atoms with Crippen molar-refractivity contribution in [1.82, 2.24) is 0 Å². The van der Waals surface area contributed by atoms with Gasteiger partial charge in [0, 0.05) is 6.61 Å². The Hall–Kier alpha value is -0.820. The van der Waals surface area contributed by atoms with Gasteiger partial charge in [0.05, 0.1) is 5.60 Å². The van der Waals surface area contributed by atoms with Gasteiger partial charge in [-0.1, -0.05) is 44.2 Å². The molecule has 0 amide bonds. The smallest absolute Gasteiger partial charge is 0.0660 e. The Balaban J connectivity index is 2.64. The van der Waals surface area contributed by atoms with Crippen molar-refractivity contribution >= 4 is 0 Å². The Bertz CT molecular complexity index is 303. The van der Waals surface area contributed by atoms with Crippen molar-refractivity contribution < 1.29 is 4.74 Å². The molecule has 0 aliphatic heterocycles. The molecule has 0 aromatic heterocycles. The van der Waals surface area contributed by atoms with Gasteiger partial charge in [0.15, 0.2) is 0 Å². The summed E-state index contributed by atoms with van der Waals surface area (Å²) in [6.07, 6.45) is 4.39. The molecule has 0 unspecified atom stereocenters. The lowest BCUT2D eigenvalue weighted by Crippen LogP contribution is -2.36. The second kappa shape index (κ2) is 6.80. The first kappa shape index (κ1) is 14.2. The maximum atomic E-state index is 5.97. The SMILES string of the molecule is C[CH][C@@H](Cc1ccccc1)C(C)(C)OCCC. The molecule has 0 heterocycles. The molecule has 1 aromatic carbocycles. The molecular formula is C16H25O. The van der Waals surface area contributed by atoms with Crippen LogP contribution < -0.4 is 0 Å². The van der Waals surface area contributed by atoms with Crippen LogP contribution in [0.2, 0.25) is 0 Å². The number of benzene rings is 1. The van der Waals surface area contributed by atoms with Crippen LogP contribution in [-0.4, -0.2) is 12.2 Å². The Morgan fingerprint density at radius 2 is 1.88 bits per heavy atom. The molecule has 0 aliphatic rings. The van der Waals surface area contributed by atoms with Crippen LogP contribution in [0.4, 0.5) is 0 Å². The summed E-state index contributed by atoms with van der Waals surface area (Å²) in [6.45, 7) is 9.50. The van der Waals surface area contributed by atoms with E-state index in [0.29, 0.717) is 5.92 Å². The van der Waals surface area contributed by atoms with Crippen LogP contribution in [0.15, 0.2) is 30.3 Å². The molecule has 0 saturated heterocycles. The monoisotopic (exact) mass is 233 g/mol. The molecule has 1 aromatic rings. The minimum absolute atomic E-state index is 0.0827. The summed E-state index contributed by atoms with van der Waals surface area (Å²) in [7, 11) is 0. The van der Waals surface area contributed by atoms with Crippen LogP contribution >= 0.6 is 0 Å². The third-order valence-corrected chi connectivity index (χ3v) is 3.27. The maximum Gasteiger partial charge on any atom is 0.0660 e. The fourth-order valence-corrected chi connectivity index (χ4v) is 2.11. The van der Waals surface area contributed by atoms with Crippen LogP contribution in [0.5, 0.6) is 0 Å². The maximum absolute atomic E-state index is 5.97. The van der Waals surface area contributed by atoms with Crippen molar-refractivity contribution in [2.75, 3.05) is 6.61 Å². The first-order valence-electron chi connectivity index (χ1n) is 6.57. The Kier molecular flexibility index (Phi) is 5.70. The third kappa shape index (κ3) is 4.51. The highest BCUT2D eigenvalue weighted by Crippen LogP contribution is 2.27. The standard InChI is InChI=1S/C16H25O/c1-5-12-17-16(3,4)15(6-2)13-14-10-8-7-9-11-14/h6-11,15H,5,12-13H2,1-4H3/t15-/m0/s1. The Morgan fingerprint density at radius 1 is 1.24 bits per heavy atom. The molecule has 95 valence electrons. The summed E-state index contributed by atoms with van der Waals surface area (Å²) >= 11 is 0. The average Bonchev–Trinajstić information content (AvgIpc) is 2.34. The van der Waals surface area contributed by atoms with Gasteiger partial charge in [-0.2, -0.15) is 0 Å². The van der Waals surface area contributed by atoms with Crippen molar-refractivity contribution in [3.8, 4) is 0 Å². The van der Waals surface area contributed by atoms with Gasteiger partial charge in [-0.05, 0) is 44.6 Å². The van der Waals surface area contributed by atoms with E-state index in [0.717, 1.165) is 19.4 Å². The van der Waals surface area contributed by atoms with Crippen LogP contribution in [0.1, 0.15) is 39.7 Å². The minimum atomic E-state index is -0.0827. The lowest BCUT2D eigenvalue weighted by molar-refractivity contribution is -0.0507. The second-order valence-electron chi connectivity index (χ2n) is 5.08. The molecule has 0 N–H and O–H groups in total. The lowest BCUT2D eigenvalue weighted by atomic mass is 9.83. The van der Waals surface area contributed by atoms with Crippen molar-refractivity contribution in [3.05, 3.63) is 42.3 Å². The fraction of sp³-hybridized carbons (Fsp3) is 0.562. The van der Waals surface area contributed by atoms with E-state index in [1.165, 1.54) is 5.56 Å². The van der Waals surface area contributed by atoms with Gasteiger partial charge in [-0.15, -0.1) is 0 Å². The molecule has 17 heavy (non-hydrogen) atoms. The summed E-state index contributed by atoms with van der Waals surface area (Å²) < 4.78 is 5.97. The van der Waals surface area contributed by atoms with Crippen LogP contribution in [-0.2, 0) is 11.2 Å². The summed E-state index contributed by atoms with van der Waals surface area (Å²) in [5, 5.41) is 0. The second-order valence-corrected chi connectivity index (χ2v) is 5.08. The molecule has 1 radical (unpaired) electrons. The molecule has 1 rings (SSSR count). The highest BCUT2D eigenvalue weighted by molar-refractivity contribution is 5.16. The predicted molar refractivity (Wildman–Crippen MR) is 73.9 cm³/mol. The minimum Gasteiger partial charge on any atom is -0.375 e. The van der Waals surface area contributed by atoms with Crippen LogP contribution in [0.3, 0.4) is 0 Å². The zero-order chi connectivity index (χ0) is 12.7. The number of ether oxygens (including phenoxy) is 1. The fourth-order valence-electron chi connectivity index (χ4n) is 2.11. The van der Waals surface area contributed by atoms with Crippen LogP contribution in [0, 0.1) is 12.3 Å². The van der Waals surface area contributed by atoms with E-state index in [-0.39, 0.29) is 5.60 Å². The number of rotatable bonds is 7. The van der Waals surface area contributed by atoms with Gasteiger partial charge in [-0.3, -0.25) is 0 Å². The van der Waals surface area contributed by atoms with Crippen molar-refractivity contribution in [2.24, 2.45) is 5.92 Å². The zero-order valence-electron chi connectivity index (χ0n) is 11.6. The molecule has 0 bridgehead atoms. The summed E-state index contributed by atoms with van der Waals surface area (Å²) in [5.74, 6) is 0.455. The van der Waals surface area contributed by atoms with E-state index in [1.807, 2.05) is 0 Å². The highest BCUT2D eigenvalue weighted by atomic mass is 16.5. The topological polar surface area (TPSA) is 9.23 Å². The molecule has 0 fully saturated rings. The summed E-state index contributed by atoms with van der Waals surface area (Å²) in [6, 6.07) is 10.6. The largest absolute Gasteiger partial charge is 0.375 e. The van der Waals surface area contributed by atoms with Gasteiger partial charge in [0.25, 0.3) is 0 Å². The van der Waals surface area contributed by atoms with Crippen molar-refractivity contribution in [3.63, 3.8) is 0 Å². The average molecular weight is 233 g/mol. The van der Waals surface area contributed by atoms with E-state index >= 15 is 0 Å². The quantitative estimate of drug-likeness (QED) is 0.683. The molecular weight excluding hydrogens is 208 g/mol. The molecule has 1 nitrogen and oxygen atoms in total. The Labute approximate surface area is 106 Å². The number of hydrogen-bond acceptors (Lipinski definition) is 1. The summed E-state index contributed by atoms with van der Waals surface area (Å²) in [5.41, 5.74) is 1.30. The van der Waals surface area contributed by atoms with E-state index < -0.39 is 0 Å². The molecule has 1 heteroatoms. The summed E-state index contributed by atoms with van der Waals surface area (Å²) in [4.78, 5) is 0. The van der Waals surface area contributed by atoms with Gasteiger partial charge >= 0.3 is 0 Å². The molecule has 0 aliphatic carbocycles. The van der Waals surface area contributed by atoms with Crippen molar-refractivity contribution in [1.29, 1.82) is 0 Å². The highest BCUT2D eigenvalue weighted by Gasteiger charge is 2.28. The molecule has 0 spiro atoms. The Morgan fingerprint density at radius 3 is 2.41 bits per heavy atom. The predicted octanol–water partition coefficient (Wildman–Crippen LogP) is 4.27. The van der Waals surface area contributed by atoms with E-state index in [9.17, 15) is 0 Å². The number of hydrogen-bond donors (Lipinski definition) is 0. The van der Waals surface area contributed by atoms with E-state index in [2.05, 4.69) is 64.4 Å². The van der Waals surface area contributed by atoms with Crippen LogP contribution in [0.25, 0.3) is 0 Å². The molecule has 0 saturated carbocycles. The first-order valence-corrected chi connectivity index (χ1v) is 6.57. The van der Waals surface area contributed by atoms with E-state index in [4.69, 9.17) is 4.74 Å². The first-order chi connectivity index (χ1) is 8.10.